The zero-order valence-electron chi connectivity index (χ0n) is 10.6. The molecule has 0 aromatic heterocycles. The predicted molar refractivity (Wildman–Crippen MR) is 62.3 cm³/mol. The fourth-order valence-electron chi connectivity index (χ4n) is 2.14. The second kappa shape index (κ2) is 3.85. The maximum Gasteiger partial charge on any atom is 0.410 e. The van der Waals surface area contributed by atoms with E-state index in [9.17, 15) is 9.70 Å². The lowest BCUT2D eigenvalue weighted by molar-refractivity contribution is -0.000612. The van der Waals surface area contributed by atoms with Crippen molar-refractivity contribution < 1.29 is 9.53 Å². The van der Waals surface area contributed by atoms with Crippen LogP contribution >= 0.6 is 0 Å². The number of nitroso groups, excluding NO2 is 1. The van der Waals surface area contributed by atoms with Gasteiger partial charge >= 0.3 is 6.09 Å². The average molecular weight is 241 g/mol. The van der Waals surface area contributed by atoms with Crippen LogP contribution in [0.5, 0.6) is 0 Å². The van der Waals surface area contributed by atoms with Crippen LogP contribution in [0.3, 0.4) is 0 Å². The van der Waals surface area contributed by atoms with Crippen LogP contribution < -0.4 is 0 Å². The fraction of sp³-hybridized carbons (Fsp3) is 0.909. The van der Waals surface area contributed by atoms with Crippen molar-refractivity contribution in [3.63, 3.8) is 0 Å². The minimum absolute atomic E-state index is 0.198. The van der Waals surface area contributed by atoms with Gasteiger partial charge in [0.25, 0.3) is 0 Å². The largest absolute Gasteiger partial charge is 0.444 e. The highest BCUT2D eigenvalue weighted by Gasteiger charge is 2.53. The van der Waals surface area contributed by atoms with Crippen molar-refractivity contribution in [2.45, 2.75) is 44.8 Å². The van der Waals surface area contributed by atoms with Gasteiger partial charge in [-0.1, -0.05) is 0 Å². The number of rotatable bonds is 1. The molecule has 2 aliphatic rings. The lowest BCUT2D eigenvalue weighted by Gasteiger charge is -2.38. The predicted octanol–water partition coefficient (Wildman–Crippen LogP) is 1.75. The Bertz CT molecular complexity index is 333. The van der Waals surface area contributed by atoms with E-state index in [1.165, 1.54) is 0 Å². The minimum Gasteiger partial charge on any atom is -0.444 e. The Morgan fingerprint density at radius 1 is 1.29 bits per heavy atom. The van der Waals surface area contributed by atoms with Crippen molar-refractivity contribution >= 4 is 6.09 Å². The summed E-state index contributed by atoms with van der Waals surface area (Å²) in [4.78, 5) is 24.2. The lowest BCUT2D eigenvalue weighted by Crippen LogP contribution is -2.55. The third-order valence-electron chi connectivity index (χ3n) is 3.19. The Morgan fingerprint density at radius 3 is 2.41 bits per heavy atom. The van der Waals surface area contributed by atoms with Crippen LogP contribution in [0.15, 0.2) is 5.29 Å². The molecule has 0 aromatic rings. The van der Waals surface area contributed by atoms with Gasteiger partial charge in [-0.05, 0) is 33.6 Å². The van der Waals surface area contributed by atoms with Gasteiger partial charge < -0.3 is 9.64 Å². The number of hydrogen-bond acceptors (Lipinski definition) is 4. The first-order valence-electron chi connectivity index (χ1n) is 5.95. The molecule has 1 saturated carbocycles. The zero-order valence-corrected chi connectivity index (χ0v) is 10.6. The molecule has 1 aliphatic carbocycles. The molecule has 0 bridgehead atoms. The molecule has 2 fully saturated rings. The van der Waals surface area contributed by atoms with E-state index in [4.69, 9.17) is 4.74 Å². The Hall–Kier alpha value is -1.33. The molecule has 1 spiro atoms. The molecule has 0 aromatic carbocycles. The smallest absolute Gasteiger partial charge is 0.410 e. The summed E-state index contributed by atoms with van der Waals surface area (Å²) in [7, 11) is 0. The number of ether oxygens (including phenoxy) is 1. The third-order valence-corrected chi connectivity index (χ3v) is 3.19. The van der Waals surface area contributed by atoms with Crippen molar-refractivity contribution in [1.29, 1.82) is 0 Å². The molecule has 0 atom stereocenters. The number of hydrogen-bond donors (Lipinski definition) is 0. The highest BCUT2D eigenvalue weighted by atomic mass is 16.6. The molecule has 6 heteroatoms. The molecule has 0 radical (unpaired) electrons. The molecule has 96 valence electrons. The monoisotopic (exact) mass is 241 g/mol. The van der Waals surface area contributed by atoms with Crippen molar-refractivity contribution in [2.75, 3.05) is 19.6 Å². The Morgan fingerprint density at radius 2 is 1.94 bits per heavy atom. The van der Waals surface area contributed by atoms with Crippen LogP contribution in [0.1, 0.15) is 33.6 Å². The number of carbonyl (C=O) groups is 1. The van der Waals surface area contributed by atoms with Crippen LogP contribution in [-0.4, -0.2) is 46.8 Å². The van der Waals surface area contributed by atoms with Gasteiger partial charge in [-0.15, -0.1) is 4.91 Å². The Labute approximate surface area is 101 Å². The SMILES string of the molecule is CC(C)(C)OC(=O)N1CCN(N=O)C2(CC2)C1. The summed E-state index contributed by atoms with van der Waals surface area (Å²) in [6.45, 7) is 7.10. The molecule has 1 aliphatic heterocycles. The van der Waals surface area contributed by atoms with E-state index in [1.54, 1.807) is 9.91 Å². The van der Waals surface area contributed by atoms with E-state index in [0.717, 1.165) is 12.8 Å². The van der Waals surface area contributed by atoms with E-state index in [-0.39, 0.29) is 11.6 Å². The lowest BCUT2D eigenvalue weighted by atomic mass is 10.2. The fourth-order valence-corrected chi connectivity index (χ4v) is 2.14. The summed E-state index contributed by atoms with van der Waals surface area (Å²) in [5.74, 6) is 0. The van der Waals surface area contributed by atoms with E-state index in [0.29, 0.717) is 19.6 Å². The van der Waals surface area contributed by atoms with Gasteiger partial charge in [-0.3, -0.25) is 5.01 Å². The molecule has 2 rings (SSSR count). The zero-order chi connectivity index (χ0) is 12.7. The number of carbonyl (C=O) groups excluding carboxylic acids is 1. The molecular formula is C11H19N3O3. The highest BCUT2D eigenvalue weighted by Crippen LogP contribution is 2.44. The van der Waals surface area contributed by atoms with Crippen LogP contribution in [0.4, 0.5) is 4.79 Å². The summed E-state index contributed by atoms with van der Waals surface area (Å²) in [6, 6.07) is 0. The molecule has 0 unspecified atom stereocenters. The third kappa shape index (κ3) is 2.50. The van der Waals surface area contributed by atoms with Gasteiger partial charge in [0, 0.05) is 13.1 Å². The van der Waals surface area contributed by atoms with Gasteiger partial charge in [0.15, 0.2) is 0 Å². The molecule has 1 saturated heterocycles. The van der Waals surface area contributed by atoms with E-state index >= 15 is 0 Å². The molecular weight excluding hydrogens is 222 g/mol. The minimum atomic E-state index is -0.478. The van der Waals surface area contributed by atoms with Crippen LogP contribution in [0.25, 0.3) is 0 Å². The van der Waals surface area contributed by atoms with Gasteiger partial charge in [-0.2, -0.15) is 0 Å². The maximum atomic E-state index is 11.9. The number of piperazine rings is 1. The molecule has 17 heavy (non-hydrogen) atoms. The first-order valence-corrected chi connectivity index (χ1v) is 5.95. The first-order chi connectivity index (χ1) is 7.86. The summed E-state index contributed by atoms with van der Waals surface area (Å²) in [6.07, 6.45) is 1.56. The summed E-state index contributed by atoms with van der Waals surface area (Å²) >= 11 is 0. The summed E-state index contributed by atoms with van der Waals surface area (Å²) in [5, 5.41) is 4.61. The van der Waals surface area contributed by atoms with Crippen molar-refractivity contribution in [3.05, 3.63) is 4.91 Å². The Balaban J connectivity index is 1.96. The standard InChI is InChI=1S/C11H19N3O3/c1-10(2,3)17-9(15)13-6-7-14(12-16)11(8-13)4-5-11/h4-8H2,1-3H3. The van der Waals surface area contributed by atoms with E-state index in [2.05, 4.69) is 5.29 Å². The number of amides is 1. The van der Waals surface area contributed by atoms with E-state index in [1.807, 2.05) is 20.8 Å². The highest BCUT2D eigenvalue weighted by molar-refractivity contribution is 5.68. The van der Waals surface area contributed by atoms with Gasteiger partial charge in [-0.25, -0.2) is 4.79 Å². The Kier molecular flexibility index (Phi) is 2.75. The van der Waals surface area contributed by atoms with Crippen molar-refractivity contribution in [2.24, 2.45) is 5.29 Å². The molecule has 1 amide bonds. The second-order valence-corrected chi connectivity index (χ2v) is 5.83. The van der Waals surface area contributed by atoms with Gasteiger partial charge in [0.1, 0.15) is 5.60 Å². The van der Waals surface area contributed by atoms with Crippen LogP contribution in [0, 0.1) is 4.91 Å². The van der Waals surface area contributed by atoms with Crippen LogP contribution in [0.2, 0.25) is 0 Å². The number of nitrogens with zero attached hydrogens (tertiary/aromatic N) is 3. The topological polar surface area (TPSA) is 62.2 Å². The molecule has 1 heterocycles. The normalized spacial score (nSPS) is 22.5. The summed E-state index contributed by atoms with van der Waals surface area (Å²) in [5.41, 5.74) is -0.676. The van der Waals surface area contributed by atoms with Gasteiger partial charge in [0.2, 0.25) is 0 Å². The molecule has 6 nitrogen and oxygen atoms in total. The summed E-state index contributed by atoms with van der Waals surface area (Å²) < 4.78 is 5.33. The van der Waals surface area contributed by atoms with Crippen molar-refractivity contribution in [3.8, 4) is 0 Å². The van der Waals surface area contributed by atoms with Crippen LogP contribution in [-0.2, 0) is 4.74 Å². The first kappa shape index (κ1) is 12.1. The molecule has 0 N–H and O–H groups in total. The van der Waals surface area contributed by atoms with Crippen molar-refractivity contribution in [1.82, 2.24) is 9.91 Å². The van der Waals surface area contributed by atoms with Gasteiger partial charge in [0.05, 0.1) is 17.4 Å². The second-order valence-electron chi connectivity index (χ2n) is 5.83. The maximum absolute atomic E-state index is 11.9. The van der Waals surface area contributed by atoms with E-state index < -0.39 is 5.60 Å². The quantitative estimate of drug-likeness (QED) is 0.656. The average Bonchev–Trinajstić information content (AvgIpc) is 2.96.